The highest BCUT2D eigenvalue weighted by molar-refractivity contribution is 5.95. The lowest BCUT2D eigenvalue weighted by Gasteiger charge is -2.28. The van der Waals surface area contributed by atoms with Gasteiger partial charge in [-0.3, -0.25) is 9.59 Å². The van der Waals surface area contributed by atoms with Crippen LogP contribution < -0.4 is 15.5 Å². The molecule has 0 bridgehead atoms. The molecular formula is C22H25N3O3. The number of ether oxygens (including phenoxy) is 1. The van der Waals surface area contributed by atoms with Gasteiger partial charge in [-0.1, -0.05) is 12.1 Å². The Bertz CT molecular complexity index is 823. The van der Waals surface area contributed by atoms with Crippen LogP contribution in [0.3, 0.4) is 0 Å². The summed E-state index contributed by atoms with van der Waals surface area (Å²) < 4.78 is 5.37. The number of carbonyl (C=O) groups excluding carboxylic acids is 2. The number of benzene rings is 2. The molecule has 1 saturated carbocycles. The van der Waals surface area contributed by atoms with Crippen LogP contribution in [0, 0.1) is 0 Å². The van der Waals surface area contributed by atoms with Gasteiger partial charge in [-0.2, -0.15) is 0 Å². The Kier molecular flexibility index (Phi) is 5.58. The number of nitrogens with one attached hydrogen (secondary N) is 2. The average molecular weight is 379 g/mol. The van der Waals surface area contributed by atoms with E-state index >= 15 is 0 Å². The summed E-state index contributed by atoms with van der Waals surface area (Å²) in [5.74, 6) is -0.137. The maximum atomic E-state index is 12.4. The Hall–Kier alpha value is -2.86. The van der Waals surface area contributed by atoms with Crippen LogP contribution >= 0.6 is 0 Å². The van der Waals surface area contributed by atoms with Gasteiger partial charge in [0.05, 0.1) is 13.2 Å². The molecular weight excluding hydrogens is 354 g/mol. The van der Waals surface area contributed by atoms with Crippen molar-refractivity contribution < 1.29 is 14.3 Å². The van der Waals surface area contributed by atoms with Gasteiger partial charge in [0.2, 0.25) is 0 Å². The molecule has 1 saturated heterocycles. The van der Waals surface area contributed by atoms with E-state index < -0.39 is 0 Å². The SMILES string of the molecule is O=C(NCc1ccc(C(=O)NC2CC2)cc1)c1ccc(N2CCOCC2)cc1. The van der Waals surface area contributed by atoms with Gasteiger partial charge < -0.3 is 20.3 Å². The smallest absolute Gasteiger partial charge is 0.251 e. The molecule has 4 rings (SSSR count). The summed E-state index contributed by atoms with van der Waals surface area (Å²) in [6.45, 7) is 3.65. The molecule has 2 aromatic carbocycles. The van der Waals surface area contributed by atoms with E-state index in [-0.39, 0.29) is 11.8 Å². The zero-order valence-corrected chi connectivity index (χ0v) is 15.8. The Morgan fingerprint density at radius 1 is 0.893 bits per heavy atom. The third kappa shape index (κ3) is 4.70. The molecule has 2 aromatic rings. The number of hydrogen-bond donors (Lipinski definition) is 2. The fraction of sp³-hybridized carbons (Fsp3) is 0.364. The first-order chi connectivity index (χ1) is 13.7. The number of amides is 2. The molecule has 0 unspecified atom stereocenters. The zero-order chi connectivity index (χ0) is 19.3. The Balaban J connectivity index is 1.29. The van der Waals surface area contributed by atoms with Crippen molar-refractivity contribution in [1.29, 1.82) is 0 Å². The Morgan fingerprint density at radius 3 is 2.14 bits per heavy atom. The number of carbonyl (C=O) groups is 2. The van der Waals surface area contributed by atoms with Gasteiger partial charge in [0, 0.05) is 42.5 Å². The highest BCUT2D eigenvalue weighted by atomic mass is 16.5. The van der Waals surface area contributed by atoms with E-state index in [2.05, 4.69) is 15.5 Å². The van der Waals surface area contributed by atoms with Gasteiger partial charge >= 0.3 is 0 Å². The van der Waals surface area contributed by atoms with Crippen LogP contribution in [0.5, 0.6) is 0 Å². The van der Waals surface area contributed by atoms with Crippen molar-refractivity contribution in [1.82, 2.24) is 10.6 Å². The van der Waals surface area contributed by atoms with Gasteiger partial charge in [0.15, 0.2) is 0 Å². The van der Waals surface area contributed by atoms with E-state index in [4.69, 9.17) is 4.74 Å². The maximum Gasteiger partial charge on any atom is 0.251 e. The first-order valence-corrected chi connectivity index (χ1v) is 9.80. The van der Waals surface area contributed by atoms with Crippen LogP contribution in [-0.2, 0) is 11.3 Å². The maximum absolute atomic E-state index is 12.4. The van der Waals surface area contributed by atoms with Crippen LogP contribution in [0.1, 0.15) is 39.1 Å². The van der Waals surface area contributed by atoms with E-state index in [0.29, 0.717) is 23.7 Å². The molecule has 2 N–H and O–H groups in total. The van der Waals surface area contributed by atoms with E-state index in [9.17, 15) is 9.59 Å². The molecule has 0 atom stereocenters. The first kappa shape index (κ1) is 18.5. The number of anilines is 1. The molecule has 1 aliphatic carbocycles. The minimum absolute atomic E-state index is 0.0292. The number of rotatable bonds is 6. The Labute approximate surface area is 164 Å². The fourth-order valence-corrected chi connectivity index (χ4v) is 3.20. The first-order valence-electron chi connectivity index (χ1n) is 9.80. The van der Waals surface area contributed by atoms with Crippen molar-refractivity contribution >= 4 is 17.5 Å². The molecule has 0 radical (unpaired) electrons. The summed E-state index contributed by atoms with van der Waals surface area (Å²) in [6.07, 6.45) is 2.15. The van der Waals surface area contributed by atoms with Crippen LogP contribution in [0.4, 0.5) is 5.69 Å². The topological polar surface area (TPSA) is 70.7 Å². The van der Waals surface area contributed by atoms with Crippen LogP contribution in [-0.4, -0.2) is 44.2 Å². The lowest BCUT2D eigenvalue weighted by atomic mass is 10.1. The third-order valence-electron chi connectivity index (χ3n) is 5.09. The normalized spacial score (nSPS) is 16.5. The predicted octanol–water partition coefficient (Wildman–Crippen LogP) is 2.35. The molecule has 146 valence electrons. The van der Waals surface area contributed by atoms with Gasteiger partial charge in [0.25, 0.3) is 11.8 Å². The standard InChI is InChI=1S/C22H25N3O3/c26-21(17-5-9-20(10-6-17)25-11-13-28-14-12-25)23-15-16-1-3-18(4-2-16)22(27)24-19-7-8-19/h1-6,9-10,19H,7-8,11-15H2,(H,23,26)(H,24,27). The number of morpholine rings is 1. The van der Waals surface area contributed by atoms with Crippen molar-refractivity contribution in [2.75, 3.05) is 31.2 Å². The van der Waals surface area contributed by atoms with E-state index in [1.165, 1.54) is 0 Å². The summed E-state index contributed by atoms with van der Waals surface area (Å²) in [7, 11) is 0. The van der Waals surface area contributed by atoms with Gasteiger partial charge in [-0.25, -0.2) is 0 Å². The second kappa shape index (κ2) is 8.44. The minimum Gasteiger partial charge on any atom is -0.378 e. The van der Waals surface area contributed by atoms with Crippen LogP contribution in [0.25, 0.3) is 0 Å². The molecule has 0 spiro atoms. The van der Waals surface area contributed by atoms with Crippen molar-refractivity contribution in [2.45, 2.75) is 25.4 Å². The van der Waals surface area contributed by atoms with Gasteiger partial charge in [-0.15, -0.1) is 0 Å². The molecule has 2 fully saturated rings. The summed E-state index contributed by atoms with van der Waals surface area (Å²) in [5.41, 5.74) is 3.36. The monoisotopic (exact) mass is 379 g/mol. The van der Waals surface area contributed by atoms with Crippen molar-refractivity contribution in [3.05, 3.63) is 65.2 Å². The molecule has 1 heterocycles. The van der Waals surface area contributed by atoms with Crippen LogP contribution in [0.2, 0.25) is 0 Å². The lowest BCUT2D eigenvalue weighted by molar-refractivity contribution is 0.0941. The van der Waals surface area contributed by atoms with Crippen molar-refractivity contribution in [2.24, 2.45) is 0 Å². The van der Waals surface area contributed by atoms with Crippen molar-refractivity contribution in [3.63, 3.8) is 0 Å². The zero-order valence-electron chi connectivity index (χ0n) is 15.8. The largest absolute Gasteiger partial charge is 0.378 e. The van der Waals surface area contributed by atoms with Crippen molar-refractivity contribution in [3.8, 4) is 0 Å². The summed E-state index contributed by atoms with van der Waals surface area (Å²) in [6, 6.07) is 15.4. The summed E-state index contributed by atoms with van der Waals surface area (Å²) in [4.78, 5) is 26.7. The number of hydrogen-bond acceptors (Lipinski definition) is 4. The quantitative estimate of drug-likeness (QED) is 0.808. The molecule has 0 aromatic heterocycles. The van der Waals surface area contributed by atoms with E-state index in [1.54, 1.807) is 12.1 Å². The molecule has 28 heavy (non-hydrogen) atoms. The lowest BCUT2D eigenvalue weighted by Crippen LogP contribution is -2.36. The predicted molar refractivity (Wildman–Crippen MR) is 108 cm³/mol. The Morgan fingerprint density at radius 2 is 1.50 bits per heavy atom. The molecule has 6 heteroatoms. The van der Waals surface area contributed by atoms with Gasteiger partial charge in [-0.05, 0) is 54.8 Å². The van der Waals surface area contributed by atoms with E-state index in [1.807, 2.05) is 36.4 Å². The molecule has 6 nitrogen and oxygen atoms in total. The fourth-order valence-electron chi connectivity index (χ4n) is 3.20. The number of nitrogens with zero attached hydrogens (tertiary/aromatic N) is 1. The minimum atomic E-state index is -0.107. The third-order valence-corrected chi connectivity index (χ3v) is 5.09. The van der Waals surface area contributed by atoms with Crippen LogP contribution in [0.15, 0.2) is 48.5 Å². The molecule has 2 aliphatic rings. The second-order valence-corrected chi connectivity index (χ2v) is 7.27. The highest BCUT2D eigenvalue weighted by Crippen LogP contribution is 2.19. The summed E-state index contributed by atoms with van der Waals surface area (Å²) >= 11 is 0. The molecule has 2 amide bonds. The molecule has 1 aliphatic heterocycles. The second-order valence-electron chi connectivity index (χ2n) is 7.27. The van der Waals surface area contributed by atoms with E-state index in [0.717, 1.165) is 50.4 Å². The highest BCUT2D eigenvalue weighted by Gasteiger charge is 2.23. The summed E-state index contributed by atoms with van der Waals surface area (Å²) in [5, 5.41) is 5.90. The van der Waals surface area contributed by atoms with Gasteiger partial charge in [0.1, 0.15) is 0 Å². The average Bonchev–Trinajstić information content (AvgIpc) is 3.57.